The Morgan fingerprint density at radius 1 is 1.13 bits per heavy atom. The van der Waals surface area contributed by atoms with E-state index in [9.17, 15) is 26.4 Å². The summed E-state index contributed by atoms with van der Waals surface area (Å²) in [7, 11) is -3.30. The lowest BCUT2D eigenvalue weighted by Gasteiger charge is -2.34. The molecular weight excluding hydrogens is 431 g/mol. The standard InChI is InChI=1S/C21H24F3N3O3S/c1-31(29,30)27-11-8-17-15(13-27)12-25-19(17)20(28)26-9-6-14(7-10-26)16-4-2-3-5-18(16)21(22,23)24/h2-5,14H,6-13H2,1H3. The summed E-state index contributed by atoms with van der Waals surface area (Å²) in [6.45, 7) is 1.63. The van der Waals surface area contributed by atoms with Crippen LogP contribution >= 0.6 is 0 Å². The highest BCUT2D eigenvalue weighted by molar-refractivity contribution is 7.88. The van der Waals surface area contributed by atoms with E-state index < -0.39 is 21.8 Å². The maximum absolute atomic E-state index is 13.3. The van der Waals surface area contributed by atoms with Gasteiger partial charge in [-0.1, -0.05) is 18.2 Å². The molecule has 0 atom stereocenters. The molecule has 0 aliphatic carbocycles. The molecule has 168 valence electrons. The van der Waals surface area contributed by atoms with Gasteiger partial charge in [-0.2, -0.15) is 17.5 Å². The van der Waals surface area contributed by atoms with Crippen molar-refractivity contribution < 1.29 is 26.4 Å². The van der Waals surface area contributed by atoms with Gasteiger partial charge in [0.25, 0.3) is 5.91 Å². The first-order valence-electron chi connectivity index (χ1n) is 10.2. The number of alkyl halides is 3. The van der Waals surface area contributed by atoms with E-state index in [0.29, 0.717) is 56.7 Å². The predicted octanol–water partition coefficient (Wildman–Crippen LogP) is 2.83. The number of carbonyl (C=O) groups excluding carboxylic acids is 1. The van der Waals surface area contributed by atoms with Crippen molar-refractivity contribution in [1.82, 2.24) is 9.21 Å². The second kappa shape index (κ2) is 8.05. The van der Waals surface area contributed by atoms with Crippen LogP contribution in [0.5, 0.6) is 0 Å². The van der Waals surface area contributed by atoms with E-state index in [1.807, 2.05) is 0 Å². The quantitative estimate of drug-likeness (QED) is 0.704. The maximum atomic E-state index is 13.3. The predicted molar refractivity (Wildman–Crippen MR) is 110 cm³/mol. The molecule has 0 N–H and O–H groups in total. The summed E-state index contributed by atoms with van der Waals surface area (Å²) in [6, 6.07) is 5.64. The number of benzene rings is 1. The largest absolute Gasteiger partial charge is 0.416 e. The average molecular weight is 456 g/mol. The molecule has 4 rings (SSSR count). The van der Waals surface area contributed by atoms with Crippen molar-refractivity contribution in [1.29, 1.82) is 0 Å². The molecule has 1 amide bonds. The lowest BCUT2D eigenvalue weighted by Crippen LogP contribution is -2.43. The minimum atomic E-state index is -4.40. The minimum Gasteiger partial charge on any atom is -0.337 e. The van der Waals surface area contributed by atoms with Gasteiger partial charge in [-0.15, -0.1) is 0 Å². The summed E-state index contributed by atoms with van der Waals surface area (Å²) < 4.78 is 65.0. The first-order chi connectivity index (χ1) is 14.6. The first kappa shape index (κ1) is 22.0. The number of hydrogen-bond donors (Lipinski definition) is 0. The van der Waals surface area contributed by atoms with Crippen LogP contribution in [0.3, 0.4) is 0 Å². The van der Waals surface area contributed by atoms with Gasteiger partial charge >= 0.3 is 6.18 Å². The highest BCUT2D eigenvalue weighted by Crippen LogP contribution is 2.39. The summed E-state index contributed by atoms with van der Waals surface area (Å²) in [4.78, 5) is 19.1. The fraction of sp³-hybridized carbons (Fsp3) is 0.524. The van der Waals surface area contributed by atoms with Crippen LogP contribution in [0.1, 0.15) is 36.3 Å². The smallest absolute Gasteiger partial charge is 0.337 e. The molecule has 3 aliphatic heterocycles. The van der Waals surface area contributed by atoms with Crippen molar-refractivity contribution in [3.05, 3.63) is 46.5 Å². The first-order valence-corrected chi connectivity index (χ1v) is 12.1. The zero-order chi connectivity index (χ0) is 22.4. The summed E-state index contributed by atoms with van der Waals surface area (Å²) >= 11 is 0. The molecule has 31 heavy (non-hydrogen) atoms. The third kappa shape index (κ3) is 4.41. The Balaban J connectivity index is 1.43. The van der Waals surface area contributed by atoms with Crippen molar-refractivity contribution in [2.45, 2.75) is 31.4 Å². The Morgan fingerprint density at radius 2 is 1.81 bits per heavy atom. The van der Waals surface area contributed by atoms with Gasteiger partial charge in [0.2, 0.25) is 10.0 Å². The topological polar surface area (TPSA) is 70.0 Å². The molecule has 1 aromatic carbocycles. The Morgan fingerprint density at radius 3 is 2.45 bits per heavy atom. The number of aliphatic imine (C=N–C) groups is 1. The number of sulfonamides is 1. The van der Waals surface area contributed by atoms with Gasteiger partial charge in [-0.25, -0.2) is 8.42 Å². The van der Waals surface area contributed by atoms with Gasteiger partial charge in [-0.05, 0) is 48.0 Å². The fourth-order valence-electron chi connectivity index (χ4n) is 4.64. The van der Waals surface area contributed by atoms with Crippen molar-refractivity contribution >= 4 is 21.6 Å². The van der Waals surface area contributed by atoms with E-state index >= 15 is 0 Å². The number of hydrogen-bond acceptors (Lipinski definition) is 4. The Labute approximate surface area is 179 Å². The van der Waals surface area contributed by atoms with Gasteiger partial charge in [0.15, 0.2) is 0 Å². The molecular formula is C21H24F3N3O3S. The molecule has 0 bridgehead atoms. The number of halogens is 3. The second-order valence-electron chi connectivity index (χ2n) is 8.24. The van der Waals surface area contributed by atoms with Crippen LogP contribution in [0.2, 0.25) is 0 Å². The van der Waals surface area contributed by atoms with E-state index in [0.717, 1.165) is 17.2 Å². The summed E-state index contributed by atoms with van der Waals surface area (Å²) in [5.41, 5.74) is 1.76. The molecule has 1 saturated heterocycles. The van der Waals surface area contributed by atoms with Crippen LogP contribution < -0.4 is 0 Å². The van der Waals surface area contributed by atoms with Gasteiger partial charge < -0.3 is 4.90 Å². The minimum absolute atomic E-state index is 0.208. The summed E-state index contributed by atoms with van der Waals surface area (Å²) in [5, 5.41) is 0. The van der Waals surface area contributed by atoms with E-state index in [4.69, 9.17) is 0 Å². The van der Waals surface area contributed by atoms with Crippen LogP contribution in [0.15, 0.2) is 40.4 Å². The number of piperidine rings is 1. The molecule has 0 spiro atoms. The van der Waals surface area contributed by atoms with E-state index in [1.165, 1.54) is 22.7 Å². The van der Waals surface area contributed by atoms with Gasteiger partial charge in [0, 0.05) is 26.2 Å². The third-order valence-electron chi connectivity index (χ3n) is 6.28. The highest BCUT2D eigenvalue weighted by Gasteiger charge is 2.38. The second-order valence-corrected chi connectivity index (χ2v) is 10.2. The van der Waals surface area contributed by atoms with Crippen molar-refractivity contribution in [3.8, 4) is 0 Å². The van der Waals surface area contributed by atoms with Gasteiger partial charge in [0.05, 0.1) is 18.4 Å². The van der Waals surface area contributed by atoms with Crippen LogP contribution in [0, 0.1) is 0 Å². The third-order valence-corrected chi connectivity index (χ3v) is 7.53. The molecule has 0 aromatic heterocycles. The summed E-state index contributed by atoms with van der Waals surface area (Å²) in [6.07, 6.45) is -1.87. The van der Waals surface area contributed by atoms with Gasteiger partial charge in [-0.3, -0.25) is 9.79 Å². The molecule has 3 heterocycles. The van der Waals surface area contributed by atoms with Crippen LogP contribution in [-0.4, -0.2) is 68.2 Å². The van der Waals surface area contributed by atoms with Crippen molar-refractivity contribution in [2.75, 3.05) is 39.0 Å². The lowest BCUT2D eigenvalue weighted by molar-refractivity contribution is -0.138. The highest BCUT2D eigenvalue weighted by atomic mass is 32.2. The Bertz CT molecular complexity index is 1060. The molecule has 0 saturated carbocycles. The van der Waals surface area contributed by atoms with Crippen LogP contribution in [-0.2, 0) is 21.0 Å². The number of nitrogens with zero attached hydrogens (tertiary/aromatic N) is 3. The Hall–Kier alpha value is -2.20. The normalized spacial score (nSPS) is 21.3. The van der Waals surface area contributed by atoms with Gasteiger partial charge in [0.1, 0.15) is 5.71 Å². The number of rotatable bonds is 3. The number of carbonyl (C=O) groups is 1. The monoisotopic (exact) mass is 455 g/mol. The van der Waals surface area contributed by atoms with E-state index in [-0.39, 0.29) is 18.4 Å². The van der Waals surface area contributed by atoms with Crippen LogP contribution in [0.25, 0.3) is 0 Å². The average Bonchev–Trinajstić information content (AvgIpc) is 3.15. The molecule has 0 unspecified atom stereocenters. The Kier molecular flexibility index (Phi) is 5.72. The van der Waals surface area contributed by atoms with E-state index in [1.54, 1.807) is 11.0 Å². The zero-order valence-corrected chi connectivity index (χ0v) is 18.0. The summed E-state index contributed by atoms with van der Waals surface area (Å²) in [5.74, 6) is -0.458. The SMILES string of the molecule is CS(=O)(=O)N1CCC2=C(CN=C2C(=O)N2CCC(c3ccccc3C(F)(F)F)CC2)C1. The van der Waals surface area contributed by atoms with Crippen molar-refractivity contribution in [2.24, 2.45) is 4.99 Å². The molecule has 1 fully saturated rings. The number of amides is 1. The number of likely N-dealkylation sites (tertiary alicyclic amines) is 1. The molecule has 0 radical (unpaired) electrons. The molecule has 10 heteroatoms. The lowest BCUT2D eigenvalue weighted by atomic mass is 9.86. The van der Waals surface area contributed by atoms with Crippen LogP contribution in [0.4, 0.5) is 13.2 Å². The van der Waals surface area contributed by atoms with E-state index in [2.05, 4.69) is 4.99 Å². The van der Waals surface area contributed by atoms with Crippen molar-refractivity contribution in [3.63, 3.8) is 0 Å². The fourth-order valence-corrected chi connectivity index (χ4v) is 5.45. The molecule has 3 aliphatic rings. The maximum Gasteiger partial charge on any atom is 0.416 e. The molecule has 1 aromatic rings. The molecule has 6 nitrogen and oxygen atoms in total. The zero-order valence-electron chi connectivity index (χ0n) is 17.2.